The number of carboxylic acids is 1. The predicted molar refractivity (Wildman–Crippen MR) is 124 cm³/mol. The first-order valence-corrected chi connectivity index (χ1v) is 10.4. The van der Waals surface area contributed by atoms with E-state index in [1.165, 1.54) is 11.1 Å². The summed E-state index contributed by atoms with van der Waals surface area (Å²) in [4.78, 5) is 14.9. The van der Waals surface area contributed by atoms with Crippen LogP contribution in [0.2, 0.25) is 0 Å². The van der Waals surface area contributed by atoms with Crippen LogP contribution in [-0.4, -0.2) is 20.6 Å². The average Bonchev–Trinajstić information content (AvgIpc) is 3.11. The van der Waals surface area contributed by atoms with E-state index in [4.69, 9.17) is 12.2 Å². The van der Waals surface area contributed by atoms with E-state index in [0.29, 0.717) is 28.6 Å². The average molecular weight is 444 g/mol. The molecule has 0 saturated heterocycles. The number of aromatic carboxylic acids is 1. The maximum atomic E-state index is 11.7. The lowest BCUT2D eigenvalue weighted by molar-refractivity contribution is 0.0698. The van der Waals surface area contributed by atoms with E-state index in [0.717, 1.165) is 36.9 Å². The number of hydrogen-bond acceptors (Lipinski definition) is 3. The molecule has 1 aromatic heterocycles. The van der Waals surface area contributed by atoms with Gasteiger partial charge < -0.3 is 20.0 Å². The lowest BCUT2D eigenvalue weighted by Crippen LogP contribution is -2.21. The third kappa shape index (κ3) is 4.30. The first-order valence-electron chi connectivity index (χ1n) is 10.0. The van der Waals surface area contributed by atoms with Crippen LogP contribution >= 0.6 is 24.6 Å². The Hall–Kier alpha value is -2.57. The molecule has 0 amide bonds. The van der Waals surface area contributed by atoms with E-state index in [-0.39, 0.29) is 12.4 Å². The monoisotopic (exact) mass is 443 g/mol. The Morgan fingerprint density at radius 1 is 1.23 bits per heavy atom. The van der Waals surface area contributed by atoms with Gasteiger partial charge in [-0.15, -0.1) is 12.4 Å². The largest absolute Gasteiger partial charge is 0.478 e. The molecule has 158 valence electrons. The van der Waals surface area contributed by atoms with E-state index < -0.39 is 5.97 Å². The molecule has 0 bridgehead atoms. The number of hydrogen-bond donors (Lipinski definition) is 3. The zero-order valence-electron chi connectivity index (χ0n) is 16.9. The zero-order chi connectivity index (χ0) is 20.4. The van der Waals surface area contributed by atoms with Crippen LogP contribution in [0.1, 0.15) is 52.1 Å². The van der Waals surface area contributed by atoms with Crippen LogP contribution in [0, 0.1) is 4.77 Å². The van der Waals surface area contributed by atoms with E-state index in [2.05, 4.69) is 39.1 Å². The molecule has 30 heavy (non-hydrogen) atoms. The molecule has 0 saturated carbocycles. The molecule has 0 fully saturated rings. The fourth-order valence-corrected chi connectivity index (χ4v) is 4.64. The summed E-state index contributed by atoms with van der Waals surface area (Å²) in [5.74, 6) is -0.919. The van der Waals surface area contributed by atoms with Crippen LogP contribution in [0.5, 0.6) is 0 Å². The van der Waals surface area contributed by atoms with Crippen LogP contribution in [0.25, 0.3) is 0 Å². The summed E-state index contributed by atoms with van der Waals surface area (Å²) in [6.07, 6.45) is 5.75. The Balaban J connectivity index is 0.00000256. The van der Waals surface area contributed by atoms with Gasteiger partial charge in [-0.2, -0.15) is 0 Å². The third-order valence-electron chi connectivity index (χ3n) is 5.78. The number of nitrogens with zero attached hydrogens (tertiary/aromatic N) is 1. The highest BCUT2D eigenvalue weighted by Crippen LogP contribution is 2.30. The van der Waals surface area contributed by atoms with Crippen molar-refractivity contribution in [3.63, 3.8) is 0 Å². The van der Waals surface area contributed by atoms with Gasteiger partial charge in [-0.1, -0.05) is 43.3 Å². The Labute approximate surface area is 187 Å². The molecule has 4 rings (SSSR count). The molecule has 0 spiro atoms. The van der Waals surface area contributed by atoms with Crippen LogP contribution in [0.15, 0.2) is 48.7 Å². The number of aromatic nitrogens is 2. The maximum absolute atomic E-state index is 11.7. The molecule has 0 aliphatic heterocycles. The van der Waals surface area contributed by atoms with Gasteiger partial charge in [0.2, 0.25) is 0 Å². The summed E-state index contributed by atoms with van der Waals surface area (Å²) in [6, 6.07) is 14.3. The molecule has 7 heteroatoms. The molecule has 1 heterocycles. The van der Waals surface area contributed by atoms with E-state index in [1.807, 2.05) is 19.2 Å². The van der Waals surface area contributed by atoms with Crippen molar-refractivity contribution in [3.8, 4) is 0 Å². The molecular formula is C23H26ClN3O2S. The predicted octanol–water partition coefficient (Wildman–Crippen LogP) is 5.57. The molecule has 1 aliphatic rings. The lowest BCUT2D eigenvalue weighted by Gasteiger charge is -2.27. The van der Waals surface area contributed by atoms with E-state index in [1.54, 1.807) is 12.1 Å². The topological polar surface area (TPSA) is 70.1 Å². The van der Waals surface area contributed by atoms with Crippen molar-refractivity contribution >= 4 is 36.3 Å². The molecule has 3 N–H and O–H groups in total. The third-order valence-corrected chi connectivity index (χ3v) is 6.10. The number of benzene rings is 2. The highest BCUT2D eigenvalue weighted by molar-refractivity contribution is 7.71. The van der Waals surface area contributed by atoms with Crippen LogP contribution < -0.4 is 5.32 Å². The van der Waals surface area contributed by atoms with Crippen molar-refractivity contribution in [1.82, 2.24) is 9.55 Å². The molecule has 1 aliphatic carbocycles. The van der Waals surface area contributed by atoms with Gasteiger partial charge in [-0.25, -0.2) is 4.79 Å². The Morgan fingerprint density at radius 3 is 2.73 bits per heavy atom. The number of anilines is 1. The van der Waals surface area contributed by atoms with E-state index in [9.17, 15) is 9.90 Å². The quantitative estimate of drug-likeness (QED) is 0.435. The number of aryl methyl sites for hydroxylation is 2. The number of aromatic amines is 1. The Bertz CT molecular complexity index is 1110. The smallest absolute Gasteiger partial charge is 0.337 e. The van der Waals surface area contributed by atoms with Crippen molar-refractivity contribution in [2.45, 2.75) is 45.2 Å². The zero-order valence-corrected chi connectivity index (χ0v) is 18.5. The first-order chi connectivity index (χ1) is 14.1. The Kier molecular flexibility index (Phi) is 7.00. The van der Waals surface area contributed by atoms with Gasteiger partial charge in [0.25, 0.3) is 0 Å². The van der Waals surface area contributed by atoms with Gasteiger partial charge in [0.15, 0.2) is 4.77 Å². The second kappa shape index (κ2) is 9.49. The van der Waals surface area contributed by atoms with Crippen molar-refractivity contribution in [2.24, 2.45) is 0 Å². The fraction of sp³-hybridized carbons (Fsp3) is 0.304. The van der Waals surface area contributed by atoms with Crippen LogP contribution in [-0.2, 0) is 25.8 Å². The highest BCUT2D eigenvalue weighted by atomic mass is 35.5. The van der Waals surface area contributed by atoms with Gasteiger partial charge in [0, 0.05) is 12.2 Å². The minimum Gasteiger partial charge on any atom is -0.478 e. The molecule has 1 unspecified atom stereocenters. The van der Waals surface area contributed by atoms with Crippen molar-refractivity contribution in [2.75, 3.05) is 5.32 Å². The summed E-state index contributed by atoms with van der Waals surface area (Å²) in [5, 5.41) is 12.9. The molecular weight excluding hydrogens is 418 g/mol. The molecule has 0 radical (unpaired) electrons. The summed E-state index contributed by atoms with van der Waals surface area (Å²) < 4.78 is 2.92. The van der Waals surface area contributed by atoms with Gasteiger partial charge in [0.1, 0.15) is 0 Å². The van der Waals surface area contributed by atoms with Gasteiger partial charge in [-0.05, 0) is 60.7 Å². The normalized spacial score (nSPS) is 15.2. The SMILES string of the molecule is CCc1cccc(C(=O)O)c1NCc1c[nH]c(=S)n1C1CCc2ccccc2C1.Cl. The van der Waals surface area contributed by atoms with E-state index >= 15 is 0 Å². The summed E-state index contributed by atoms with van der Waals surface area (Å²) >= 11 is 5.58. The molecule has 2 aromatic carbocycles. The fourth-order valence-electron chi connectivity index (χ4n) is 4.31. The number of halogens is 1. The van der Waals surface area contributed by atoms with Crippen LogP contribution in [0.3, 0.4) is 0 Å². The number of para-hydroxylation sites is 1. The van der Waals surface area contributed by atoms with Gasteiger partial charge >= 0.3 is 5.97 Å². The number of imidazole rings is 1. The van der Waals surface area contributed by atoms with Crippen molar-refractivity contribution < 1.29 is 9.90 Å². The molecule has 3 aromatic rings. The number of carbonyl (C=O) groups is 1. The number of rotatable bonds is 6. The summed E-state index contributed by atoms with van der Waals surface area (Å²) in [7, 11) is 0. The number of nitrogens with one attached hydrogen (secondary N) is 2. The van der Waals surface area contributed by atoms with Crippen molar-refractivity contribution in [3.05, 3.63) is 81.4 Å². The highest BCUT2D eigenvalue weighted by Gasteiger charge is 2.22. The number of H-pyrrole nitrogens is 1. The minimum absolute atomic E-state index is 0. The summed E-state index contributed by atoms with van der Waals surface area (Å²) in [6.45, 7) is 2.55. The van der Waals surface area contributed by atoms with Crippen LogP contribution in [0.4, 0.5) is 5.69 Å². The Morgan fingerprint density at radius 2 is 2.00 bits per heavy atom. The standard InChI is InChI=1S/C23H25N3O2S.ClH/c1-2-15-8-5-9-20(22(27)28)21(15)24-13-19-14-25-23(29)26(19)18-11-10-16-6-3-4-7-17(16)12-18;/h3-9,14,18,24H,2,10-13H2,1H3,(H,25,29)(H,27,28);1H. The number of carboxylic acid groups (broad SMARTS) is 1. The number of fused-ring (bicyclic) bond motifs is 1. The lowest BCUT2D eigenvalue weighted by atomic mass is 9.88. The molecule has 5 nitrogen and oxygen atoms in total. The maximum Gasteiger partial charge on any atom is 0.337 e. The second-order valence-corrected chi connectivity index (χ2v) is 7.86. The van der Waals surface area contributed by atoms with Gasteiger partial charge in [0.05, 0.1) is 23.5 Å². The minimum atomic E-state index is -0.919. The summed E-state index contributed by atoms with van der Waals surface area (Å²) in [5.41, 5.74) is 5.84. The second-order valence-electron chi connectivity index (χ2n) is 7.47. The molecule has 1 atom stereocenters. The van der Waals surface area contributed by atoms with Crippen molar-refractivity contribution in [1.29, 1.82) is 0 Å². The van der Waals surface area contributed by atoms with Gasteiger partial charge in [-0.3, -0.25) is 0 Å². The first kappa shape index (κ1) is 22.1.